The van der Waals surface area contributed by atoms with E-state index < -0.39 is 10.0 Å². The summed E-state index contributed by atoms with van der Waals surface area (Å²) in [5.74, 6) is 0.220. The molecule has 2 heterocycles. The van der Waals surface area contributed by atoms with E-state index in [1.807, 2.05) is 0 Å². The Morgan fingerprint density at radius 3 is 2.31 bits per heavy atom. The largest absolute Gasteiger partial charge is 0.379 e. The van der Waals surface area contributed by atoms with Gasteiger partial charge in [0, 0.05) is 31.7 Å². The lowest BCUT2D eigenvalue weighted by atomic mass is 10.1. The van der Waals surface area contributed by atoms with E-state index in [0.29, 0.717) is 31.9 Å². The van der Waals surface area contributed by atoms with Crippen LogP contribution < -0.4 is 0 Å². The maximum atomic E-state index is 12.6. The number of sulfonamides is 1. The van der Waals surface area contributed by atoms with Gasteiger partial charge in [0.25, 0.3) is 0 Å². The van der Waals surface area contributed by atoms with E-state index >= 15 is 0 Å². The molecule has 0 atom stereocenters. The van der Waals surface area contributed by atoms with Crippen LogP contribution in [0.1, 0.15) is 23.2 Å². The number of likely N-dealkylation sites (tertiary alicyclic amines) is 1. The van der Waals surface area contributed by atoms with Crippen LogP contribution in [0.5, 0.6) is 0 Å². The number of rotatable bonds is 5. The van der Waals surface area contributed by atoms with Crippen LogP contribution >= 0.6 is 24.0 Å². The summed E-state index contributed by atoms with van der Waals surface area (Å²) in [7, 11) is -3.53. The van der Waals surface area contributed by atoms with Gasteiger partial charge in [0.2, 0.25) is 10.0 Å². The van der Waals surface area contributed by atoms with E-state index in [-0.39, 0.29) is 16.4 Å². The molecule has 0 amide bonds. The predicted molar refractivity (Wildman–Crippen MR) is 106 cm³/mol. The highest BCUT2D eigenvalue weighted by molar-refractivity contribution is 8.23. The summed E-state index contributed by atoms with van der Waals surface area (Å²) in [5.41, 5.74) is 0.502. The van der Waals surface area contributed by atoms with Gasteiger partial charge in [-0.25, -0.2) is 8.42 Å². The first-order valence-electron chi connectivity index (χ1n) is 8.61. The summed E-state index contributed by atoms with van der Waals surface area (Å²) in [6.45, 7) is 3.46. The number of thiocarbonyl (C=S) groups is 1. The van der Waals surface area contributed by atoms with Gasteiger partial charge in [-0.05, 0) is 25.0 Å². The Hall–Kier alpha value is -1.00. The Balaban J connectivity index is 1.59. The smallest absolute Gasteiger partial charge is 0.243 e. The van der Waals surface area contributed by atoms with Gasteiger partial charge in [-0.1, -0.05) is 36.1 Å². The number of hydrogen-bond donors (Lipinski definition) is 0. The number of ether oxygens (including phenoxy) is 1. The van der Waals surface area contributed by atoms with Crippen LogP contribution in [0, 0.1) is 0 Å². The predicted octanol–water partition coefficient (Wildman–Crippen LogP) is 2.00. The normalized spacial score (nSPS) is 18.8. The summed E-state index contributed by atoms with van der Waals surface area (Å²) >= 11 is 6.74. The van der Waals surface area contributed by atoms with Crippen molar-refractivity contribution in [3.8, 4) is 0 Å². The third kappa shape index (κ3) is 4.64. The molecule has 0 aliphatic carbocycles. The van der Waals surface area contributed by atoms with Crippen LogP contribution in [-0.2, 0) is 14.8 Å². The van der Waals surface area contributed by atoms with Crippen LogP contribution in [0.2, 0.25) is 0 Å². The molecule has 3 rings (SSSR count). The maximum Gasteiger partial charge on any atom is 0.243 e. The number of carbonyl (C=O) groups is 1. The lowest BCUT2D eigenvalue weighted by Crippen LogP contribution is -2.40. The first-order chi connectivity index (χ1) is 12.5. The van der Waals surface area contributed by atoms with Crippen LogP contribution in [0.4, 0.5) is 0 Å². The summed E-state index contributed by atoms with van der Waals surface area (Å²) in [4.78, 5) is 14.7. The fraction of sp³-hybridized carbons (Fsp3) is 0.529. The quantitative estimate of drug-likeness (QED) is 0.539. The molecule has 0 N–H and O–H groups in total. The lowest BCUT2D eigenvalue weighted by Gasteiger charge is -2.26. The van der Waals surface area contributed by atoms with Gasteiger partial charge < -0.3 is 9.64 Å². The van der Waals surface area contributed by atoms with Crippen LogP contribution in [0.15, 0.2) is 29.2 Å². The number of Topliss-reactive ketones (excluding diaryl/α,β-unsaturated/α-hetero) is 1. The zero-order chi connectivity index (χ0) is 18.6. The second kappa shape index (κ2) is 8.79. The average Bonchev–Trinajstić information content (AvgIpc) is 3.21. The van der Waals surface area contributed by atoms with Gasteiger partial charge in [0.1, 0.15) is 4.32 Å². The van der Waals surface area contributed by atoms with Crippen LogP contribution in [-0.4, -0.2) is 72.9 Å². The van der Waals surface area contributed by atoms with E-state index in [2.05, 4.69) is 4.90 Å². The highest BCUT2D eigenvalue weighted by Crippen LogP contribution is 2.20. The van der Waals surface area contributed by atoms with Crippen molar-refractivity contribution >= 4 is 44.1 Å². The molecule has 1 aromatic rings. The zero-order valence-electron chi connectivity index (χ0n) is 14.4. The molecule has 0 unspecified atom stereocenters. The number of ketones is 1. The van der Waals surface area contributed by atoms with Crippen molar-refractivity contribution in [3.05, 3.63) is 29.8 Å². The molecule has 0 bridgehead atoms. The molecule has 9 heteroatoms. The molecule has 26 heavy (non-hydrogen) atoms. The van der Waals surface area contributed by atoms with E-state index in [9.17, 15) is 13.2 Å². The van der Waals surface area contributed by atoms with Gasteiger partial charge >= 0.3 is 0 Å². The number of carbonyl (C=O) groups excluding carboxylic acids is 1. The van der Waals surface area contributed by atoms with E-state index in [4.69, 9.17) is 17.0 Å². The molecule has 0 aromatic heterocycles. The van der Waals surface area contributed by atoms with E-state index in [0.717, 1.165) is 30.3 Å². The molecule has 0 radical (unpaired) electrons. The van der Waals surface area contributed by atoms with Crippen molar-refractivity contribution < 1.29 is 17.9 Å². The monoisotopic (exact) mass is 414 g/mol. The summed E-state index contributed by atoms with van der Waals surface area (Å²) in [5, 5.41) is 0. The minimum absolute atomic E-state index is 0.0492. The molecular formula is C17H22N2O4S3. The number of nitrogens with zero attached hydrogens (tertiary/aromatic N) is 2. The SMILES string of the molecule is O=C(CSC(=S)N1CCCC1)c1ccc(S(=O)(=O)N2CCOCC2)cc1. The first-order valence-corrected chi connectivity index (χ1v) is 11.4. The van der Waals surface area contributed by atoms with Crippen molar-refractivity contribution in [2.75, 3.05) is 45.1 Å². The highest BCUT2D eigenvalue weighted by Gasteiger charge is 2.26. The molecule has 2 aliphatic rings. The molecular weight excluding hydrogens is 392 g/mol. The number of thioether (sulfide) groups is 1. The van der Waals surface area contributed by atoms with Crippen molar-refractivity contribution in [1.82, 2.24) is 9.21 Å². The standard InChI is InChI=1S/C17H22N2O4S3/c20-16(13-25-17(24)18-7-1-2-8-18)14-3-5-15(6-4-14)26(21,22)19-9-11-23-12-10-19/h3-6H,1-2,7-13H2. The number of hydrogen-bond acceptors (Lipinski definition) is 6. The van der Waals surface area contributed by atoms with Crippen molar-refractivity contribution in [2.45, 2.75) is 17.7 Å². The van der Waals surface area contributed by atoms with Crippen molar-refractivity contribution in [1.29, 1.82) is 0 Å². The fourth-order valence-corrected chi connectivity index (χ4v) is 5.50. The van der Waals surface area contributed by atoms with Gasteiger partial charge in [-0.3, -0.25) is 4.79 Å². The van der Waals surface area contributed by atoms with Gasteiger partial charge in [0.05, 0.1) is 23.9 Å². The number of morpholine rings is 1. The molecule has 2 aliphatic heterocycles. The van der Waals surface area contributed by atoms with Crippen molar-refractivity contribution in [3.63, 3.8) is 0 Å². The maximum absolute atomic E-state index is 12.6. The minimum Gasteiger partial charge on any atom is -0.379 e. The number of benzene rings is 1. The van der Waals surface area contributed by atoms with E-state index in [1.165, 1.54) is 28.2 Å². The Bertz CT molecular complexity index is 753. The first kappa shape index (κ1) is 19.8. The van der Waals surface area contributed by atoms with Crippen LogP contribution in [0.3, 0.4) is 0 Å². The Labute approximate surface area is 163 Å². The third-order valence-corrected chi connectivity index (χ3v) is 7.91. The van der Waals surface area contributed by atoms with Gasteiger partial charge in [0.15, 0.2) is 5.78 Å². The summed E-state index contributed by atoms with van der Waals surface area (Å²) in [6, 6.07) is 6.16. The van der Waals surface area contributed by atoms with Gasteiger partial charge in [-0.2, -0.15) is 4.31 Å². The van der Waals surface area contributed by atoms with Crippen molar-refractivity contribution in [2.24, 2.45) is 0 Å². The minimum atomic E-state index is -3.53. The molecule has 0 saturated carbocycles. The lowest BCUT2D eigenvalue weighted by molar-refractivity contribution is 0.0730. The Morgan fingerprint density at radius 1 is 1.08 bits per heavy atom. The second-order valence-electron chi connectivity index (χ2n) is 6.21. The molecule has 2 fully saturated rings. The Kier molecular flexibility index (Phi) is 6.68. The van der Waals surface area contributed by atoms with Gasteiger partial charge in [-0.15, -0.1) is 0 Å². The molecule has 0 spiro atoms. The fourth-order valence-electron chi connectivity index (χ4n) is 2.95. The highest BCUT2D eigenvalue weighted by atomic mass is 32.2. The molecule has 1 aromatic carbocycles. The molecule has 6 nitrogen and oxygen atoms in total. The summed E-state index contributed by atoms with van der Waals surface area (Å²) < 4.78 is 32.6. The summed E-state index contributed by atoms with van der Waals surface area (Å²) in [6.07, 6.45) is 2.29. The zero-order valence-corrected chi connectivity index (χ0v) is 16.9. The topological polar surface area (TPSA) is 66.9 Å². The average molecular weight is 415 g/mol. The molecule has 142 valence electrons. The Morgan fingerprint density at radius 2 is 1.69 bits per heavy atom. The van der Waals surface area contributed by atoms with E-state index in [1.54, 1.807) is 12.1 Å². The van der Waals surface area contributed by atoms with Crippen LogP contribution in [0.25, 0.3) is 0 Å². The molecule has 2 saturated heterocycles. The third-order valence-electron chi connectivity index (χ3n) is 4.48. The second-order valence-corrected chi connectivity index (χ2v) is 9.76.